The van der Waals surface area contributed by atoms with Gasteiger partial charge >= 0.3 is 0 Å². The van der Waals surface area contributed by atoms with E-state index in [1.165, 1.54) is 0 Å². The number of aliphatic hydroxyl groups is 1. The average Bonchev–Trinajstić information content (AvgIpc) is 2.52. The van der Waals surface area contributed by atoms with Crippen molar-refractivity contribution in [3.8, 4) is 0 Å². The van der Waals surface area contributed by atoms with Crippen LogP contribution in [0.5, 0.6) is 0 Å². The first-order valence-corrected chi connectivity index (χ1v) is 6.79. The van der Waals surface area contributed by atoms with Crippen LogP contribution in [0.2, 0.25) is 0 Å². The van der Waals surface area contributed by atoms with Gasteiger partial charge in [-0.05, 0) is 24.0 Å². The zero-order valence-electron chi connectivity index (χ0n) is 11.3. The van der Waals surface area contributed by atoms with E-state index in [4.69, 9.17) is 0 Å². The highest BCUT2D eigenvalue weighted by molar-refractivity contribution is 5.80. The van der Waals surface area contributed by atoms with E-state index in [1.807, 2.05) is 60.7 Å². The van der Waals surface area contributed by atoms with Gasteiger partial charge < -0.3 is 10.4 Å². The van der Waals surface area contributed by atoms with Crippen LogP contribution >= 0.6 is 0 Å². The summed E-state index contributed by atoms with van der Waals surface area (Å²) in [5, 5.41) is 12.6. The minimum absolute atomic E-state index is 0.315. The Morgan fingerprint density at radius 2 is 1.50 bits per heavy atom. The summed E-state index contributed by atoms with van der Waals surface area (Å²) in [6.45, 7) is 0.446. The van der Waals surface area contributed by atoms with Crippen LogP contribution in [-0.4, -0.2) is 17.1 Å². The molecule has 1 atom stereocenters. The maximum absolute atomic E-state index is 11.8. The van der Waals surface area contributed by atoms with Gasteiger partial charge in [0.1, 0.15) is 6.10 Å². The summed E-state index contributed by atoms with van der Waals surface area (Å²) in [6.07, 6.45) is 0.171. The van der Waals surface area contributed by atoms with Gasteiger partial charge in [0.25, 0.3) is 0 Å². The average molecular weight is 269 g/mol. The number of carbonyl (C=O) groups is 1. The molecule has 2 aromatic rings. The molecule has 0 aliphatic carbocycles. The fraction of sp³-hybridized carbons (Fsp3) is 0.235. The van der Waals surface area contributed by atoms with Crippen molar-refractivity contribution in [3.63, 3.8) is 0 Å². The topological polar surface area (TPSA) is 49.3 Å². The lowest BCUT2D eigenvalue weighted by Crippen LogP contribution is -2.34. The fourth-order valence-electron chi connectivity index (χ4n) is 1.98. The molecule has 0 heterocycles. The zero-order valence-corrected chi connectivity index (χ0v) is 11.3. The third-order valence-electron chi connectivity index (χ3n) is 3.16. The van der Waals surface area contributed by atoms with E-state index < -0.39 is 6.10 Å². The highest BCUT2D eigenvalue weighted by atomic mass is 16.3. The number of rotatable bonds is 6. The Hall–Kier alpha value is -2.13. The molecule has 1 amide bonds. The van der Waals surface area contributed by atoms with E-state index >= 15 is 0 Å². The quantitative estimate of drug-likeness (QED) is 0.845. The first-order chi connectivity index (χ1) is 9.75. The van der Waals surface area contributed by atoms with E-state index in [1.54, 1.807) is 0 Å². The highest BCUT2D eigenvalue weighted by Gasteiger charge is 2.14. The Kier molecular flexibility index (Phi) is 5.33. The summed E-state index contributed by atoms with van der Waals surface area (Å²) in [5.74, 6) is -0.315. The molecule has 0 radical (unpaired) electrons. The van der Waals surface area contributed by atoms with E-state index in [9.17, 15) is 9.90 Å². The molecule has 0 bridgehead atoms. The van der Waals surface area contributed by atoms with Crippen LogP contribution in [0.3, 0.4) is 0 Å². The number of hydrogen-bond acceptors (Lipinski definition) is 2. The summed E-state index contributed by atoms with van der Waals surface area (Å²) in [7, 11) is 0. The maximum atomic E-state index is 11.8. The number of benzene rings is 2. The minimum atomic E-state index is -0.959. The van der Waals surface area contributed by atoms with Gasteiger partial charge in [-0.15, -0.1) is 0 Å². The predicted octanol–water partition coefficient (Wildman–Crippen LogP) is 2.30. The van der Waals surface area contributed by atoms with Crippen LogP contribution in [0.1, 0.15) is 17.5 Å². The van der Waals surface area contributed by atoms with Crippen molar-refractivity contribution >= 4 is 5.91 Å². The molecule has 0 spiro atoms. The van der Waals surface area contributed by atoms with Gasteiger partial charge in [0, 0.05) is 6.54 Å². The Morgan fingerprint density at radius 1 is 0.950 bits per heavy atom. The van der Waals surface area contributed by atoms with Gasteiger partial charge in [-0.25, -0.2) is 0 Å². The van der Waals surface area contributed by atoms with Crippen molar-refractivity contribution in [2.75, 3.05) is 0 Å². The zero-order chi connectivity index (χ0) is 14.2. The van der Waals surface area contributed by atoms with Crippen molar-refractivity contribution in [2.45, 2.75) is 25.5 Å². The lowest BCUT2D eigenvalue weighted by molar-refractivity contribution is -0.129. The molecule has 0 aliphatic heterocycles. The van der Waals surface area contributed by atoms with Crippen LogP contribution in [0.25, 0.3) is 0 Å². The molecule has 0 aromatic heterocycles. The summed E-state index contributed by atoms with van der Waals surface area (Å²) >= 11 is 0. The molecular formula is C17H19NO2. The van der Waals surface area contributed by atoms with Crippen molar-refractivity contribution in [1.29, 1.82) is 0 Å². The normalized spacial score (nSPS) is 11.8. The van der Waals surface area contributed by atoms with E-state index in [0.29, 0.717) is 19.4 Å². The molecule has 2 rings (SSSR count). The summed E-state index contributed by atoms with van der Waals surface area (Å²) < 4.78 is 0. The second-order valence-electron chi connectivity index (χ2n) is 4.74. The van der Waals surface area contributed by atoms with Crippen LogP contribution in [0, 0.1) is 0 Å². The fourth-order valence-corrected chi connectivity index (χ4v) is 1.98. The molecule has 0 saturated heterocycles. The molecule has 3 nitrogen and oxygen atoms in total. The van der Waals surface area contributed by atoms with Crippen molar-refractivity contribution < 1.29 is 9.90 Å². The van der Waals surface area contributed by atoms with Gasteiger partial charge in [-0.3, -0.25) is 4.79 Å². The van der Waals surface area contributed by atoms with Crippen LogP contribution in [-0.2, 0) is 17.8 Å². The molecule has 104 valence electrons. The van der Waals surface area contributed by atoms with Crippen LogP contribution in [0.4, 0.5) is 0 Å². The maximum Gasteiger partial charge on any atom is 0.249 e. The number of hydrogen-bond donors (Lipinski definition) is 2. The van der Waals surface area contributed by atoms with E-state index in [2.05, 4.69) is 5.32 Å². The van der Waals surface area contributed by atoms with Crippen molar-refractivity contribution in [2.24, 2.45) is 0 Å². The molecule has 3 heteroatoms. The minimum Gasteiger partial charge on any atom is -0.383 e. The number of aliphatic hydroxyl groups excluding tert-OH is 1. The number of aryl methyl sites for hydroxylation is 1. The molecular weight excluding hydrogens is 250 g/mol. The second-order valence-corrected chi connectivity index (χ2v) is 4.74. The Balaban J connectivity index is 1.75. The highest BCUT2D eigenvalue weighted by Crippen LogP contribution is 2.05. The largest absolute Gasteiger partial charge is 0.383 e. The SMILES string of the molecule is O=C(NCc1ccccc1)C(O)CCc1ccccc1. The molecule has 0 aliphatic rings. The predicted molar refractivity (Wildman–Crippen MR) is 79.1 cm³/mol. The van der Waals surface area contributed by atoms with Crippen molar-refractivity contribution in [3.05, 3.63) is 71.8 Å². The third-order valence-corrected chi connectivity index (χ3v) is 3.16. The lowest BCUT2D eigenvalue weighted by atomic mass is 10.1. The smallest absolute Gasteiger partial charge is 0.249 e. The first-order valence-electron chi connectivity index (χ1n) is 6.79. The monoisotopic (exact) mass is 269 g/mol. The van der Waals surface area contributed by atoms with Crippen LogP contribution < -0.4 is 5.32 Å². The Labute approximate surface area is 119 Å². The molecule has 2 aromatic carbocycles. The Bertz CT molecular complexity index is 525. The van der Waals surface area contributed by atoms with Gasteiger partial charge in [-0.1, -0.05) is 60.7 Å². The third kappa shape index (κ3) is 4.52. The van der Waals surface area contributed by atoms with Crippen molar-refractivity contribution in [1.82, 2.24) is 5.32 Å². The van der Waals surface area contributed by atoms with Crippen LogP contribution in [0.15, 0.2) is 60.7 Å². The first kappa shape index (κ1) is 14.3. The van der Waals surface area contributed by atoms with E-state index in [0.717, 1.165) is 11.1 Å². The second kappa shape index (κ2) is 7.46. The Morgan fingerprint density at radius 3 is 2.10 bits per heavy atom. The van der Waals surface area contributed by atoms with Gasteiger partial charge in [0.15, 0.2) is 0 Å². The molecule has 0 saturated carbocycles. The summed E-state index contributed by atoms with van der Waals surface area (Å²) in [4.78, 5) is 11.8. The molecule has 1 unspecified atom stereocenters. The summed E-state index contributed by atoms with van der Waals surface area (Å²) in [6, 6.07) is 19.5. The standard InChI is InChI=1S/C17H19NO2/c19-16(12-11-14-7-3-1-4-8-14)17(20)18-13-15-9-5-2-6-10-15/h1-10,16,19H,11-13H2,(H,18,20). The number of carbonyl (C=O) groups excluding carboxylic acids is 1. The van der Waals surface area contributed by atoms with Gasteiger partial charge in [0.2, 0.25) is 5.91 Å². The molecule has 20 heavy (non-hydrogen) atoms. The van der Waals surface area contributed by atoms with E-state index in [-0.39, 0.29) is 5.91 Å². The molecule has 0 fully saturated rings. The van der Waals surface area contributed by atoms with Gasteiger partial charge in [-0.2, -0.15) is 0 Å². The van der Waals surface area contributed by atoms with Gasteiger partial charge in [0.05, 0.1) is 0 Å². The summed E-state index contributed by atoms with van der Waals surface area (Å²) in [5.41, 5.74) is 2.15. The molecule has 2 N–H and O–H groups in total. The number of amides is 1. The lowest BCUT2D eigenvalue weighted by Gasteiger charge is -2.11. The number of nitrogens with one attached hydrogen (secondary N) is 1.